The van der Waals surface area contributed by atoms with Crippen LogP contribution in [0, 0.1) is 0 Å². The van der Waals surface area contributed by atoms with Crippen LogP contribution >= 0.6 is 0 Å². The van der Waals surface area contributed by atoms with Gasteiger partial charge in [-0.3, -0.25) is 4.79 Å². The van der Waals surface area contributed by atoms with Crippen molar-refractivity contribution in [2.75, 3.05) is 32.7 Å². The number of ether oxygens (including phenoxy) is 3. The highest BCUT2D eigenvalue weighted by molar-refractivity contribution is 6.07. The smallest absolute Gasteiger partial charge is 0.337 e. The van der Waals surface area contributed by atoms with Gasteiger partial charge in [0.1, 0.15) is 11.7 Å². The lowest BCUT2D eigenvalue weighted by Gasteiger charge is -2.36. The van der Waals surface area contributed by atoms with Gasteiger partial charge in [-0.1, -0.05) is 54.6 Å². The average Bonchev–Trinajstić information content (AvgIpc) is 3.43. The number of hydrogen-bond acceptors (Lipinski definition) is 6. The molecule has 0 spiro atoms. The Hall–Kier alpha value is -3.42. The Bertz CT molecular complexity index is 1010. The van der Waals surface area contributed by atoms with Crippen molar-refractivity contribution in [3.05, 3.63) is 89.5 Å². The zero-order chi connectivity index (χ0) is 23.3. The van der Waals surface area contributed by atoms with Crippen molar-refractivity contribution in [2.24, 2.45) is 0 Å². The van der Waals surface area contributed by atoms with Gasteiger partial charge in [-0.05, 0) is 30.2 Å². The van der Waals surface area contributed by atoms with E-state index < -0.39 is 17.7 Å². The lowest BCUT2D eigenvalue weighted by molar-refractivity contribution is -0.138. The van der Waals surface area contributed by atoms with Crippen LogP contribution in [-0.4, -0.2) is 57.0 Å². The minimum atomic E-state index is -1.16. The first-order valence-electron chi connectivity index (χ1n) is 10.9. The molecule has 7 heteroatoms. The molecule has 0 saturated carbocycles. The third-order valence-corrected chi connectivity index (χ3v) is 5.93. The first-order chi connectivity index (χ1) is 16.1. The van der Waals surface area contributed by atoms with E-state index in [1.165, 1.54) is 7.11 Å². The van der Waals surface area contributed by atoms with Crippen LogP contribution in [0.5, 0.6) is 0 Å². The first kappa shape index (κ1) is 22.8. The van der Waals surface area contributed by atoms with E-state index in [2.05, 4.69) is 10.6 Å². The Morgan fingerprint density at radius 1 is 1.06 bits per heavy atom. The highest BCUT2D eigenvalue weighted by atomic mass is 16.5. The maximum atomic E-state index is 13.1. The second-order valence-electron chi connectivity index (χ2n) is 7.97. The summed E-state index contributed by atoms with van der Waals surface area (Å²) in [6.45, 7) is 0.692. The molecule has 172 valence electrons. The van der Waals surface area contributed by atoms with Gasteiger partial charge in [0.05, 0.1) is 30.9 Å². The summed E-state index contributed by atoms with van der Waals surface area (Å²) in [5.74, 6) is -0.937. The van der Waals surface area contributed by atoms with Crippen molar-refractivity contribution in [3.8, 4) is 0 Å². The molecule has 0 aromatic heterocycles. The third-order valence-electron chi connectivity index (χ3n) is 5.93. The van der Waals surface area contributed by atoms with Crippen molar-refractivity contribution in [1.29, 1.82) is 0 Å². The molecule has 0 fully saturated rings. The molecule has 2 aliphatic heterocycles. The Morgan fingerprint density at radius 3 is 2.42 bits per heavy atom. The zero-order valence-corrected chi connectivity index (χ0v) is 18.7. The van der Waals surface area contributed by atoms with Crippen molar-refractivity contribution in [2.45, 2.75) is 24.2 Å². The van der Waals surface area contributed by atoms with E-state index in [1.54, 1.807) is 7.11 Å². The number of rotatable bonds is 10. The highest BCUT2D eigenvalue weighted by Crippen LogP contribution is 2.47. The molecule has 3 atom stereocenters. The minimum Gasteiger partial charge on any atom is -0.466 e. The molecule has 33 heavy (non-hydrogen) atoms. The minimum absolute atomic E-state index is 0.233. The van der Waals surface area contributed by atoms with E-state index in [9.17, 15) is 9.59 Å². The van der Waals surface area contributed by atoms with Gasteiger partial charge in [0.15, 0.2) is 0 Å². The third kappa shape index (κ3) is 4.55. The maximum absolute atomic E-state index is 13.1. The van der Waals surface area contributed by atoms with Crippen LogP contribution in [0.15, 0.2) is 84.0 Å². The number of hydrogen-bond donors (Lipinski definition) is 2. The molecule has 0 aliphatic carbocycles. The van der Waals surface area contributed by atoms with Gasteiger partial charge in [0.25, 0.3) is 5.91 Å². The molecule has 0 saturated heterocycles. The van der Waals surface area contributed by atoms with E-state index in [-0.39, 0.29) is 23.1 Å². The number of fused-ring (bicyclic) bond motifs is 2. The molecule has 7 nitrogen and oxygen atoms in total. The Labute approximate surface area is 193 Å². The largest absolute Gasteiger partial charge is 0.466 e. The van der Waals surface area contributed by atoms with Gasteiger partial charge >= 0.3 is 5.97 Å². The Kier molecular flexibility index (Phi) is 6.91. The molecular weight excluding hydrogens is 420 g/mol. The number of para-hydroxylation sites is 1. The first-order valence-corrected chi connectivity index (χ1v) is 10.9. The number of benzene rings is 2. The molecule has 2 aliphatic rings. The molecular formula is C26H28N2O5. The SMILES string of the molecule is COCCNC(=O)C1=C(C(=O)OC)C2(C(Cc3ccccc3)Nc3ccccc3)C=CC1O2. The number of anilines is 1. The average molecular weight is 449 g/mol. The summed E-state index contributed by atoms with van der Waals surface area (Å²) in [5.41, 5.74) is 1.32. The summed E-state index contributed by atoms with van der Waals surface area (Å²) in [5, 5.41) is 6.35. The number of carbonyl (C=O) groups is 2. The van der Waals surface area contributed by atoms with E-state index in [1.807, 2.05) is 72.8 Å². The molecule has 2 bridgehead atoms. The zero-order valence-electron chi connectivity index (χ0n) is 18.7. The van der Waals surface area contributed by atoms with E-state index >= 15 is 0 Å². The quantitative estimate of drug-likeness (QED) is 0.330. The number of esters is 1. The fraction of sp³-hybridized carbons (Fsp3) is 0.308. The van der Waals surface area contributed by atoms with Gasteiger partial charge in [-0.25, -0.2) is 4.79 Å². The van der Waals surface area contributed by atoms with Crippen LogP contribution in [0.25, 0.3) is 0 Å². The molecule has 0 radical (unpaired) electrons. The van der Waals surface area contributed by atoms with E-state index in [4.69, 9.17) is 14.2 Å². The van der Waals surface area contributed by atoms with Gasteiger partial charge in [0, 0.05) is 19.3 Å². The number of carbonyl (C=O) groups excluding carboxylic acids is 2. The van der Waals surface area contributed by atoms with Crippen molar-refractivity contribution >= 4 is 17.6 Å². The molecule has 4 rings (SSSR count). The van der Waals surface area contributed by atoms with Crippen molar-refractivity contribution < 1.29 is 23.8 Å². The van der Waals surface area contributed by atoms with Crippen molar-refractivity contribution in [3.63, 3.8) is 0 Å². The van der Waals surface area contributed by atoms with Crippen LogP contribution in [-0.2, 0) is 30.2 Å². The summed E-state index contributed by atoms with van der Waals surface area (Å²) >= 11 is 0. The predicted molar refractivity (Wildman–Crippen MR) is 125 cm³/mol. The number of amides is 1. The summed E-state index contributed by atoms with van der Waals surface area (Å²) < 4.78 is 16.6. The van der Waals surface area contributed by atoms with Crippen LogP contribution < -0.4 is 10.6 Å². The standard InChI is InChI=1S/C26H28N2O5/c1-31-16-15-27-24(29)22-20-13-14-26(33-20,23(22)25(30)32-2)21(17-18-9-5-3-6-10-18)28-19-11-7-4-8-12-19/h3-14,20-21,28H,15-17H2,1-2H3,(H,27,29). The fourth-order valence-electron chi connectivity index (χ4n) is 4.41. The number of methoxy groups -OCH3 is 2. The Morgan fingerprint density at radius 2 is 1.76 bits per heavy atom. The lowest BCUT2D eigenvalue weighted by Crippen LogP contribution is -2.49. The van der Waals surface area contributed by atoms with Crippen LogP contribution in [0.1, 0.15) is 5.56 Å². The van der Waals surface area contributed by atoms with Gasteiger partial charge in [-0.2, -0.15) is 0 Å². The molecule has 2 aromatic carbocycles. The fourth-order valence-corrected chi connectivity index (χ4v) is 4.41. The van der Waals surface area contributed by atoms with E-state index in [0.717, 1.165) is 11.3 Å². The molecule has 3 unspecified atom stereocenters. The summed E-state index contributed by atoms with van der Waals surface area (Å²) in [7, 11) is 2.88. The van der Waals surface area contributed by atoms with Crippen molar-refractivity contribution in [1.82, 2.24) is 5.32 Å². The molecule has 2 heterocycles. The van der Waals surface area contributed by atoms with Gasteiger partial charge < -0.3 is 24.8 Å². The molecule has 2 N–H and O–H groups in total. The summed E-state index contributed by atoms with van der Waals surface area (Å²) in [6, 6.07) is 19.3. The van der Waals surface area contributed by atoms with Gasteiger partial charge in [-0.15, -0.1) is 0 Å². The second kappa shape index (κ2) is 10.0. The second-order valence-corrected chi connectivity index (χ2v) is 7.97. The van der Waals surface area contributed by atoms with E-state index in [0.29, 0.717) is 19.6 Å². The van der Waals surface area contributed by atoms with Crippen LogP contribution in [0.2, 0.25) is 0 Å². The molecule has 1 amide bonds. The van der Waals surface area contributed by atoms with Gasteiger partial charge in [0.2, 0.25) is 0 Å². The highest BCUT2D eigenvalue weighted by Gasteiger charge is 2.58. The monoisotopic (exact) mass is 448 g/mol. The maximum Gasteiger partial charge on any atom is 0.337 e. The lowest BCUT2D eigenvalue weighted by atomic mass is 9.79. The predicted octanol–water partition coefficient (Wildman–Crippen LogP) is 2.65. The molecule has 2 aromatic rings. The Balaban J connectivity index is 1.75. The van der Waals surface area contributed by atoms with Crippen LogP contribution in [0.4, 0.5) is 5.69 Å². The normalized spacial score (nSPS) is 21.7. The topological polar surface area (TPSA) is 85.9 Å². The number of nitrogens with one attached hydrogen (secondary N) is 2. The summed E-state index contributed by atoms with van der Waals surface area (Å²) in [6.07, 6.45) is 3.64. The summed E-state index contributed by atoms with van der Waals surface area (Å²) in [4.78, 5) is 26.1. The van der Waals surface area contributed by atoms with Crippen LogP contribution in [0.3, 0.4) is 0 Å².